The Labute approximate surface area is 150 Å². The summed E-state index contributed by atoms with van der Waals surface area (Å²) in [5.41, 5.74) is 0. The zero-order chi connectivity index (χ0) is 17.7. The third-order valence-electron chi connectivity index (χ3n) is 3.94. The Morgan fingerprint density at radius 2 is 0.958 bits per heavy atom. The van der Waals surface area contributed by atoms with E-state index >= 15 is 0 Å². The standard InChI is InChI=1S/C21H37NO2/c1-4-7-8-9-10-11-12-13-14-15-16-17-18-19-22(23-20-5-2)24-21-6-3/h4,7-19H2,1-3H3. The fraction of sp³-hybridized carbons (Fsp3) is 0.810. The lowest BCUT2D eigenvalue weighted by molar-refractivity contribution is -0.297. The molecule has 0 amide bonds. The van der Waals surface area contributed by atoms with Gasteiger partial charge in [-0.3, -0.25) is 0 Å². The Balaban J connectivity index is 3.37. The summed E-state index contributed by atoms with van der Waals surface area (Å²) in [4.78, 5) is 10.3. The second kappa shape index (κ2) is 19.7. The van der Waals surface area contributed by atoms with Crippen molar-refractivity contribution in [2.45, 2.75) is 104 Å². The molecule has 0 saturated heterocycles. The van der Waals surface area contributed by atoms with Gasteiger partial charge >= 0.3 is 0 Å². The molecule has 0 aromatic carbocycles. The van der Waals surface area contributed by atoms with Gasteiger partial charge in [-0.25, -0.2) is 0 Å². The summed E-state index contributed by atoms with van der Waals surface area (Å²) in [7, 11) is 0. The highest BCUT2D eigenvalue weighted by Gasteiger charge is 2.04. The van der Waals surface area contributed by atoms with Gasteiger partial charge in [0.1, 0.15) is 12.2 Å². The molecule has 3 heteroatoms. The molecule has 0 aliphatic carbocycles. The molecule has 0 aliphatic heterocycles. The molecule has 24 heavy (non-hydrogen) atoms. The molecule has 0 spiro atoms. The second-order valence-electron chi connectivity index (χ2n) is 6.19. The molecule has 0 atom stereocenters. The van der Waals surface area contributed by atoms with E-state index in [2.05, 4.69) is 31.0 Å². The zero-order valence-corrected chi connectivity index (χ0v) is 16.2. The summed E-state index contributed by atoms with van der Waals surface area (Å²) in [5.74, 6) is 5.36. The van der Waals surface area contributed by atoms with Crippen molar-refractivity contribution in [3.05, 3.63) is 0 Å². The SMILES string of the molecule is CC#CON(CCCCCCCCCCCCCCC)OC#CC. The molecule has 0 saturated carbocycles. The summed E-state index contributed by atoms with van der Waals surface area (Å²) in [6.07, 6.45) is 22.5. The van der Waals surface area contributed by atoms with E-state index in [4.69, 9.17) is 9.68 Å². The molecule has 0 aromatic heterocycles. The topological polar surface area (TPSA) is 21.7 Å². The lowest BCUT2D eigenvalue weighted by Gasteiger charge is -2.13. The maximum Gasteiger partial charge on any atom is 0.142 e. The van der Waals surface area contributed by atoms with Crippen molar-refractivity contribution in [1.82, 2.24) is 5.23 Å². The summed E-state index contributed by atoms with van der Waals surface area (Å²) in [5, 5.41) is 1.37. The third-order valence-corrected chi connectivity index (χ3v) is 3.94. The number of hydrogen-bond donors (Lipinski definition) is 0. The minimum Gasteiger partial charge on any atom is -0.317 e. The molecule has 0 N–H and O–H groups in total. The van der Waals surface area contributed by atoms with Gasteiger partial charge in [-0.2, -0.15) is 0 Å². The molecule has 0 radical (unpaired) electrons. The summed E-state index contributed by atoms with van der Waals surface area (Å²) < 4.78 is 0. The first-order chi connectivity index (χ1) is 11.8. The second-order valence-corrected chi connectivity index (χ2v) is 6.19. The highest BCUT2D eigenvalue weighted by molar-refractivity contribution is 4.86. The van der Waals surface area contributed by atoms with Gasteiger partial charge in [-0.1, -0.05) is 95.8 Å². The number of unbranched alkanes of at least 4 members (excludes halogenated alkanes) is 12. The smallest absolute Gasteiger partial charge is 0.142 e. The van der Waals surface area contributed by atoms with Gasteiger partial charge in [0, 0.05) is 19.1 Å². The van der Waals surface area contributed by atoms with Crippen molar-refractivity contribution < 1.29 is 9.68 Å². The summed E-state index contributed by atoms with van der Waals surface area (Å²) in [6, 6.07) is 0. The maximum atomic E-state index is 5.15. The molecule has 138 valence electrons. The van der Waals surface area contributed by atoms with Crippen molar-refractivity contribution in [3.63, 3.8) is 0 Å². The van der Waals surface area contributed by atoms with Crippen LogP contribution < -0.4 is 0 Å². The van der Waals surface area contributed by atoms with E-state index in [0.29, 0.717) is 6.54 Å². The van der Waals surface area contributed by atoms with Gasteiger partial charge in [0.25, 0.3) is 0 Å². The van der Waals surface area contributed by atoms with Crippen molar-refractivity contribution in [1.29, 1.82) is 0 Å². The molecular weight excluding hydrogens is 298 g/mol. The summed E-state index contributed by atoms with van der Waals surface area (Å²) >= 11 is 0. The van der Waals surface area contributed by atoms with E-state index in [1.807, 2.05) is 0 Å². The highest BCUT2D eigenvalue weighted by Crippen LogP contribution is 2.12. The van der Waals surface area contributed by atoms with E-state index < -0.39 is 0 Å². The van der Waals surface area contributed by atoms with Crippen molar-refractivity contribution >= 4 is 0 Å². The van der Waals surface area contributed by atoms with Crippen LogP contribution >= 0.6 is 0 Å². The Kier molecular flexibility index (Phi) is 18.6. The first-order valence-corrected chi connectivity index (χ1v) is 9.80. The number of hydrogen-bond acceptors (Lipinski definition) is 3. The van der Waals surface area contributed by atoms with Crippen LogP contribution in [-0.2, 0) is 9.68 Å². The van der Waals surface area contributed by atoms with Crippen LogP contribution in [0.15, 0.2) is 0 Å². The van der Waals surface area contributed by atoms with E-state index in [-0.39, 0.29) is 0 Å². The molecular formula is C21H37NO2. The normalized spacial score (nSPS) is 9.83. The van der Waals surface area contributed by atoms with E-state index in [1.54, 1.807) is 13.8 Å². The number of nitrogens with zero attached hydrogens (tertiary/aromatic N) is 1. The average molecular weight is 336 g/mol. The van der Waals surface area contributed by atoms with Gasteiger partial charge in [0.2, 0.25) is 0 Å². The van der Waals surface area contributed by atoms with E-state index in [9.17, 15) is 0 Å². The van der Waals surface area contributed by atoms with Crippen molar-refractivity contribution in [2.75, 3.05) is 6.54 Å². The first-order valence-electron chi connectivity index (χ1n) is 9.80. The highest BCUT2D eigenvalue weighted by atomic mass is 16.9. The quantitative estimate of drug-likeness (QED) is 0.190. The van der Waals surface area contributed by atoms with Gasteiger partial charge in [-0.05, 0) is 6.42 Å². The van der Waals surface area contributed by atoms with Crippen LogP contribution in [0.3, 0.4) is 0 Å². The number of hydroxylamine groups is 2. The fourth-order valence-electron chi connectivity index (χ4n) is 2.56. The van der Waals surface area contributed by atoms with Gasteiger partial charge < -0.3 is 9.68 Å². The Morgan fingerprint density at radius 1 is 0.583 bits per heavy atom. The Hall–Kier alpha value is -1.32. The first kappa shape index (κ1) is 22.7. The van der Waals surface area contributed by atoms with Crippen LogP contribution in [-0.4, -0.2) is 11.8 Å². The molecule has 0 rings (SSSR count). The largest absolute Gasteiger partial charge is 0.317 e. The van der Waals surface area contributed by atoms with E-state index in [1.165, 1.54) is 82.3 Å². The Bertz CT molecular complexity index is 351. The molecule has 3 nitrogen and oxygen atoms in total. The van der Waals surface area contributed by atoms with Crippen LogP contribution in [0.25, 0.3) is 0 Å². The van der Waals surface area contributed by atoms with Crippen LogP contribution in [0.4, 0.5) is 0 Å². The molecule has 0 heterocycles. The lowest BCUT2D eigenvalue weighted by atomic mass is 10.0. The van der Waals surface area contributed by atoms with Crippen molar-refractivity contribution in [3.8, 4) is 24.1 Å². The molecule has 0 aromatic rings. The minimum absolute atomic E-state index is 0.696. The van der Waals surface area contributed by atoms with Gasteiger partial charge in [0.15, 0.2) is 0 Å². The third kappa shape index (κ3) is 17.0. The van der Waals surface area contributed by atoms with Crippen LogP contribution in [0.2, 0.25) is 0 Å². The summed E-state index contributed by atoms with van der Waals surface area (Å²) in [6.45, 7) is 6.43. The van der Waals surface area contributed by atoms with Gasteiger partial charge in [0.05, 0.1) is 6.54 Å². The zero-order valence-electron chi connectivity index (χ0n) is 16.2. The van der Waals surface area contributed by atoms with Crippen LogP contribution in [0.1, 0.15) is 104 Å². The molecule has 0 aliphatic rings. The van der Waals surface area contributed by atoms with Crippen molar-refractivity contribution in [2.24, 2.45) is 0 Å². The maximum absolute atomic E-state index is 5.15. The molecule has 0 unspecified atom stereocenters. The average Bonchev–Trinajstić information content (AvgIpc) is 2.60. The Morgan fingerprint density at radius 3 is 1.33 bits per heavy atom. The van der Waals surface area contributed by atoms with Crippen LogP contribution in [0.5, 0.6) is 0 Å². The van der Waals surface area contributed by atoms with Crippen LogP contribution in [0, 0.1) is 24.1 Å². The van der Waals surface area contributed by atoms with E-state index in [0.717, 1.165) is 6.42 Å². The predicted octanol–water partition coefficient (Wildman–Crippen LogP) is 6.20. The monoisotopic (exact) mass is 335 g/mol. The number of rotatable bonds is 16. The molecule has 0 bridgehead atoms. The predicted molar refractivity (Wildman–Crippen MR) is 101 cm³/mol. The lowest BCUT2D eigenvalue weighted by Crippen LogP contribution is -2.21. The van der Waals surface area contributed by atoms with Gasteiger partial charge in [-0.15, -0.1) is 0 Å². The fourth-order valence-corrected chi connectivity index (χ4v) is 2.56. The minimum atomic E-state index is 0.696. The molecule has 0 fully saturated rings.